The number of nitrogens with zero attached hydrogens (tertiary/aromatic N) is 2. The number of rotatable bonds is 5. The number of hydrogen-bond donors (Lipinski definition) is 1. The number of hydrogen-bond acceptors (Lipinski definition) is 4. The Balaban J connectivity index is 1.35. The van der Waals surface area contributed by atoms with E-state index in [2.05, 4.69) is 5.32 Å². The van der Waals surface area contributed by atoms with Gasteiger partial charge in [0.1, 0.15) is 0 Å². The summed E-state index contributed by atoms with van der Waals surface area (Å²) < 4.78 is 27.9. The summed E-state index contributed by atoms with van der Waals surface area (Å²) in [5, 5.41) is 2.96. The van der Waals surface area contributed by atoms with Crippen molar-refractivity contribution in [1.82, 2.24) is 4.31 Å². The van der Waals surface area contributed by atoms with E-state index in [4.69, 9.17) is 0 Å². The van der Waals surface area contributed by atoms with Crippen LogP contribution in [0.5, 0.6) is 0 Å². The van der Waals surface area contributed by atoms with Gasteiger partial charge < -0.3 is 10.2 Å². The molecule has 0 unspecified atom stereocenters. The smallest absolute Gasteiger partial charge is 0.243 e. The first kappa shape index (κ1) is 23.4. The van der Waals surface area contributed by atoms with Crippen LogP contribution >= 0.6 is 0 Å². The summed E-state index contributed by atoms with van der Waals surface area (Å²) in [6.07, 6.45) is 2.36. The second-order valence-electron chi connectivity index (χ2n) is 9.11. The average molecular weight is 470 g/mol. The second kappa shape index (κ2) is 9.27. The van der Waals surface area contributed by atoms with Crippen LogP contribution in [0.3, 0.4) is 0 Å². The van der Waals surface area contributed by atoms with Gasteiger partial charge in [0.25, 0.3) is 0 Å². The molecule has 1 fully saturated rings. The van der Waals surface area contributed by atoms with Crippen molar-refractivity contribution in [2.24, 2.45) is 5.92 Å². The van der Waals surface area contributed by atoms with E-state index >= 15 is 0 Å². The molecule has 2 amide bonds. The van der Waals surface area contributed by atoms with Crippen LogP contribution in [-0.4, -0.2) is 44.2 Å². The molecule has 33 heavy (non-hydrogen) atoms. The van der Waals surface area contributed by atoms with Gasteiger partial charge in [-0.2, -0.15) is 4.31 Å². The Bertz CT molecular complexity index is 1180. The van der Waals surface area contributed by atoms with Gasteiger partial charge in [0, 0.05) is 44.4 Å². The molecule has 0 saturated carbocycles. The Morgan fingerprint density at radius 3 is 2.39 bits per heavy atom. The minimum Gasteiger partial charge on any atom is -0.326 e. The molecule has 0 radical (unpaired) electrons. The Hall–Kier alpha value is -2.71. The van der Waals surface area contributed by atoms with E-state index in [1.807, 2.05) is 32.0 Å². The molecular formula is C25H31N3O4S. The van der Waals surface area contributed by atoms with Crippen molar-refractivity contribution in [2.75, 3.05) is 29.9 Å². The number of sulfonamides is 1. The van der Waals surface area contributed by atoms with Crippen molar-refractivity contribution in [3.8, 4) is 0 Å². The average Bonchev–Trinajstić information content (AvgIpc) is 3.20. The summed E-state index contributed by atoms with van der Waals surface area (Å²) in [4.78, 5) is 26.2. The topological polar surface area (TPSA) is 86.8 Å². The third-order valence-electron chi connectivity index (χ3n) is 6.80. The van der Waals surface area contributed by atoms with Gasteiger partial charge in [-0.15, -0.1) is 0 Å². The molecule has 2 aromatic carbocycles. The first-order valence-corrected chi connectivity index (χ1v) is 12.9. The van der Waals surface area contributed by atoms with Crippen molar-refractivity contribution in [3.05, 3.63) is 53.1 Å². The number of anilines is 2. The van der Waals surface area contributed by atoms with Crippen molar-refractivity contribution in [2.45, 2.75) is 51.3 Å². The van der Waals surface area contributed by atoms with E-state index in [9.17, 15) is 18.0 Å². The lowest BCUT2D eigenvalue weighted by Gasteiger charge is -2.31. The Morgan fingerprint density at radius 1 is 1.00 bits per heavy atom. The van der Waals surface area contributed by atoms with Crippen molar-refractivity contribution < 1.29 is 18.0 Å². The number of carbonyl (C=O) groups is 2. The predicted octanol–water partition coefficient (Wildman–Crippen LogP) is 3.64. The fraction of sp³-hybridized carbons (Fsp3) is 0.440. The highest BCUT2D eigenvalue weighted by Gasteiger charge is 2.32. The molecule has 0 bridgehead atoms. The van der Waals surface area contributed by atoms with Crippen LogP contribution < -0.4 is 10.2 Å². The largest absolute Gasteiger partial charge is 0.326 e. The Kier molecular flexibility index (Phi) is 6.59. The maximum absolute atomic E-state index is 13.2. The normalized spacial score (nSPS) is 17.1. The minimum absolute atomic E-state index is 0.0341. The third-order valence-corrected chi connectivity index (χ3v) is 8.70. The molecule has 7 nitrogen and oxygen atoms in total. The SMILES string of the molecule is CC(=O)N1CCc2cc(S(=O)(=O)N3CCC(CC(=O)Nc4ccc(C)c(C)c4)CC3)ccc21. The van der Waals surface area contributed by atoms with Crippen LogP contribution in [0.15, 0.2) is 41.3 Å². The van der Waals surface area contributed by atoms with Gasteiger partial charge in [0.05, 0.1) is 4.90 Å². The zero-order valence-electron chi connectivity index (χ0n) is 19.4. The van der Waals surface area contributed by atoms with Crippen molar-refractivity contribution in [1.29, 1.82) is 0 Å². The molecule has 2 aliphatic heterocycles. The zero-order chi connectivity index (χ0) is 23.8. The quantitative estimate of drug-likeness (QED) is 0.724. The summed E-state index contributed by atoms with van der Waals surface area (Å²) in [5.41, 5.74) is 4.80. The highest BCUT2D eigenvalue weighted by molar-refractivity contribution is 7.89. The molecule has 0 aliphatic carbocycles. The molecular weight excluding hydrogens is 438 g/mol. The highest BCUT2D eigenvalue weighted by Crippen LogP contribution is 2.32. The molecule has 8 heteroatoms. The van der Waals surface area contributed by atoms with Crippen LogP contribution in [0.1, 0.15) is 42.9 Å². The summed E-state index contributed by atoms with van der Waals surface area (Å²) in [5.74, 6) is 0.0910. The van der Waals surface area contributed by atoms with Crippen LogP contribution in [-0.2, 0) is 26.0 Å². The molecule has 2 heterocycles. The zero-order valence-corrected chi connectivity index (χ0v) is 20.2. The molecule has 2 aliphatic rings. The fourth-order valence-electron chi connectivity index (χ4n) is 4.66. The van der Waals surface area contributed by atoms with Crippen molar-refractivity contribution >= 4 is 33.2 Å². The highest BCUT2D eigenvalue weighted by atomic mass is 32.2. The maximum Gasteiger partial charge on any atom is 0.243 e. The molecule has 0 atom stereocenters. The molecule has 2 aromatic rings. The fourth-order valence-corrected chi connectivity index (χ4v) is 6.18. The summed E-state index contributed by atoms with van der Waals surface area (Å²) in [6, 6.07) is 10.9. The standard InChI is InChI=1S/C25H31N3O4S/c1-17-4-5-22(14-18(17)2)26-25(30)15-20-8-11-27(12-9-20)33(31,32)23-6-7-24-21(16-23)10-13-28(24)19(3)29/h4-7,14,16,20H,8-13,15H2,1-3H3,(H,26,30). The summed E-state index contributed by atoms with van der Waals surface area (Å²) in [6.45, 7) is 6.96. The lowest BCUT2D eigenvalue weighted by molar-refractivity contribution is -0.117. The van der Waals surface area contributed by atoms with Crippen LogP contribution in [0.25, 0.3) is 0 Å². The predicted molar refractivity (Wildman–Crippen MR) is 129 cm³/mol. The number of nitrogens with one attached hydrogen (secondary N) is 1. The van der Waals surface area contributed by atoms with Gasteiger partial charge in [-0.3, -0.25) is 9.59 Å². The summed E-state index contributed by atoms with van der Waals surface area (Å²) in [7, 11) is -3.60. The van der Waals surface area contributed by atoms with E-state index in [1.165, 1.54) is 16.8 Å². The molecule has 1 N–H and O–H groups in total. The number of amides is 2. The first-order valence-electron chi connectivity index (χ1n) is 11.4. The maximum atomic E-state index is 13.2. The van der Waals surface area contributed by atoms with Crippen LogP contribution in [0, 0.1) is 19.8 Å². The molecule has 1 saturated heterocycles. The number of aryl methyl sites for hydroxylation is 2. The lowest BCUT2D eigenvalue weighted by atomic mass is 9.94. The molecule has 4 rings (SSSR count). The van der Waals surface area contributed by atoms with E-state index in [-0.39, 0.29) is 22.6 Å². The third kappa shape index (κ3) is 4.96. The number of fused-ring (bicyclic) bond motifs is 1. The van der Waals surface area contributed by atoms with Gasteiger partial charge in [-0.25, -0.2) is 8.42 Å². The Labute approximate surface area is 195 Å². The van der Waals surface area contributed by atoms with Gasteiger partial charge in [0.2, 0.25) is 21.8 Å². The molecule has 0 aromatic heterocycles. The lowest BCUT2D eigenvalue weighted by Crippen LogP contribution is -2.39. The molecule has 176 valence electrons. The minimum atomic E-state index is -3.60. The van der Waals surface area contributed by atoms with Gasteiger partial charge in [0.15, 0.2) is 0 Å². The van der Waals surface area contributed by atoms with Crippen LogP contribution in [0.4, 0.5) is 11.4 Å². The summed E-state index contributed by atoms with van der Waals surface area (Å²) >= 11 is 0. The van der Waals surface area contributed by atoms with Gasteiger partial charge >= 0.3 is 0 Å². The van der Waals surface area contributed by atoms with E-state index < -0.39 is 10.0 Å². The van der Waals surface area contributed by atoms with Crippen molar-refractivity contribution in [3.63, 3.8) is 0 Å². The van der Waals surface area contributed by atoms with Crippen LogP contribution in [0.2, 0.25) is 0 Å². The number of piperidine rings is 1. The Morgan fingerprint density at radius 2 is 1.73 bits per heavy atom. The van der Waals surface area contributed by atoms with E-state index in [0.29, 0.717) is 45.3 Å². The van der Waals surface area contributed by atoms with E-state index in [0.717, 1.165) is 22.5 Å². The number of benzene rings is 2. The molecule has 0 spiro atoms. The second-order valence-corrected chi connectivity index (χ2v) is 11.0. The number of carbonyl (C=O) groups excluding carboxylic acids is 2. The monoisotopic (exact) mass is 469 g/mol. The van der Waals surface area contributed by atoms with E-state index in [1.54, 1.807) is 23.1 Å². The van der Waals surface area contributed by atoms with Gasteiger partial charge in [-0.1, -0.05) is 6.07 Å². The van der Waals surface area contributed by atoms with Gasteiger partial charge in [-0.05, 0) is 86.1 Å². The first-order chi connectivity index (χ1) is 15.6.